The van der Waals surface area contributed by atoms with Crippen molar-refractivity contribution in [3.8, 4) is 44.5 Å². The van der Waals surface area contributed by atoms with Gasteiger partial charge in [-0.2, -0.15) is 0 Å². The Bertz CT molecular complexity index is 3930. The van der Waals surface area contributed by atoms with Gasteiger partial charge in [0.25, 0.3) is 0 Å². The molecule has 13 rings (SSSR count). The third-order valence-corrected chi connectivity index (χ3v) is 15.0. The number of aromatic amines is 2. The summed E-state index contributed by atoms with van der Waals surface area (Å²) in [6.45, 7) is 3.99. The van der Waals surface area contributed by atoms with E-state index < -0.39 is 0 Å². The quantitative estimate of drug-likeness (QED) is 0.0917. The Kier molecular flexibility index (Phi) is 14.6. The molecule has 0 fully saturated rings. The van der Waals surface area contributed by atoms with Gasteiger partial charge in [-0.25, -0.2) is 19.1 Å². The zero-order valence-electron chi connectivity index (χ0n) is 45.8. The van der Waals surface area contributed by atoms with Gasteiger partial charge in [0.05, 0.1) is 45.6 Å². The first-order valence-corrected chi connectivity index (χ1v) is 27.7. The molecule has 0 radical (unpaired) electrons. The van der Waals surface area contributed by atoms with E-state index in [0.717, 1.165) is 123 Å². The van der Waals surface area contributed by atoms with E-state index in [4.69, 9.17) is 29.9 Å². The van der Waals surface area contributed by atoms with E-state index in [9.17, 15) is 0 Å². The summed E-state index contributed by atoms with van der Waals surface area (Å²) in [5, 5.41) is 0. The number of hydrogen-bond acceptors (Lipinski definition) is 8. The average molecular weight is 1070 g/mol. The van der Waals surface area contributed by atoms with E-state index in [0.29, 0.717) is 39.3 Å². The molecule has 398 valence electrons. The predicted molar refractivity (Wildman–Crippen MR) is 326 cm³/mol. The van der Waals surface area contributed by atoms with Crippen molar-refractivity contribution in [2.24, 2.45) is 14.1 Å². The lowest BCUT2D eigenvalue weighted by molar-refractivity contribution is -0.671. The lowest BCUT2D eigenvalue weighted by atomic mass is 10.0. The topological polar surface area (TPSA) is 123 Å². The van der Waals surface area contributed by atoms with Gasteiger partial charge in [0, 0.05) is 133 Å². The third-order valence-electron chi connectivity index (χ3n) is 15.0. The Labute approximate surface area is 476 Å². The lowest BCUT2D eigenvalue weighted by Gasteiger charge is -2.22. The standard InChI is InChI=1S/C70H59N12/c1-79-37-29-51(30-38-79)67-59-21-22-60(75-59)68(52-31-39-80(2)40-32-52)62-24-26-64(77-62)70(54-16-12-14-50(42-54)44-82(47-57-19-5-9-35-73-57)48-58-20-6-10-36-74-58)66-28-27-65(78-66)69(63-25-23-61(67)76-63)53-15-11-13-49(41-53)43-81(45-55-17-3-7-33-71-55)46-56-18-4-8-34-72-56/h3-42H,43-48H2,1-2H3,(H,75,76,77,78)/q+1/p+1. The van der Waals surface area contributed by atoms with Gasteiger partial charge in [-0.05, 0) is 143 Å². The number of aryl methyl sites for hydroxylation is 2. The van der Waals surface area contributed by atoms with Crippen molar-refractivity contribution in [2.45, 2.75) is 39.3 Å². The number of H-pyrrole nitrogens is 2. The number of benzene rings is 2. The molecule has 9 aromatic heterocycles. The second kappa shape index (κ2) is 23.3. The predicted octanol–water partition coefficient (Wildman–Crippen LogP) is 13.0. The van der Waals surface area contributed by atoms with Crippen LogP contribution < -0.4 is 9.13 Å². The highest BCUT2D eigenvalue weighted by Gasteiger charge is 2.21. The van der Waals surface area contributed by atoms with Crippen LogP contribution in [0, 0.1) is 0 Å². The molecule has 0 saturated carbocycles. The van der Waals surface area contributed by atoms with Crippen LogP contribution in [0.5, 0.6) is 0 Å². The van der Waals surface area contributed by atoms with Crippen LogP contribution in [0.1, 0.15) is 56.7 Å². The van der Waals surface area contributed by atoms with E-state index >= 15 is 0 Å². The molecule has 0 atom stereocenters. The van der Waals surface area contributed by atoms with E-state index in [1.165, 1.54) is 0 Å². The minimum absolute atomic E-state index is 0.662. The molecule has 0 unspecified atom stereocenters. The first kappa shape index (κ1) is 51.3. The highest BCUT2D eigenvalue weighted by Crippen LogP contribution is 2.39. The Morgan fingerprint density at radius 3 is 0.951 bits per heavy atom. The monoisotopic (exact) mass is 1070 g/mol. The fourth-order valence-corrected chi connectivity index (χ4v) is 11.1. The van der Waals surface area contributed by atoms with Gasteiger partial charge in [0.2, 0.25) is 0 Å². The van der Waals surface area contributed by atoms with E-state index in [-0.39, 0.29) is 0 Å². The first-order valence-electron chi connectivity index (χ1n) is 27.7. The molecular weight excluding hydrogens is 1010 g/mol. The second-order valence-electron chi connectivity index (χ2n) is 21.0. The molecule has 11 aromatic rings. The molecule has 2 N–H and O–H groups in total. The zero-order valence-corrected chi connectivity index (χ0v) is 45.8. The molecule has 12 nitrogen and oxygen atoms in total. The zero-order chi connectivity index (χ0) is 55.2. The molecule has 82 heavy (non-hydrogen) atoms. The minimum Gasteiger partial charge on any atom is -0.354 e. The van der Waals surface area contributed by atoms with Crippen molar-refractivity contribution in [3.63, 3.8) is 0 Å². The van der Waals surface area contributed by atoms with E-state index in [1.807, 2.05) is 87.4 Å². The minimum atomic E-state index is 0.662. The molecular formula is C70H60N12+2. The first-order chi connectivity index (χ1) is 40.4. The number of nitrogens with zero attached hydrogens (tertiary/aromatic N) is 10. The summed E-state index contributed by atoms with van der Waals surface area (Å²) in [7, 11) is 4.09. The molecule has 8 bridgehead atoms. The molecule has 2 aliphatic rings. The molecule has 2 aromatic carbocycles. The van der Waals surface area contributed by atoms with Crippen molar-refractivity contribution in [1.82, 2.24) is 49.7 Å². The van der Waals surface area contributed by atoms with Crippen molar-refractivity contribution >= 4 is 46.4 Å². The molecule has 0 saturated heterocycles. The summed E-state index contributed by atoms with van der Waals surface area (Å²) in [6, 6.07) is 59.6. The summed E-state index contributed by atoms with van der Waals surface area (Å²) in [6.07, 6.45) is 24.4. The fraction of sp³-hybridized carbons (Fsp3) is 0.114. The van der Waals surface area contributed by atoms with E-state index in [2.05, 4.69) is 199 Å². The van der Waals surface area contributed by atoms with Crippen LogP contribution in [0.4, 0.5) is 0 Å². The maximum atomic E-state index is 5.63. The highest BCUT2D eigenvalue weighted by atomic mass is 15.1. The van der Waals surface area contributed by atoms with Crippen LogP contribution in [0.2, 0.25) is 0 Å². The highest BCUT2D eigenvalue weighted by molar-refractivity contribution is 5.99. The Balaban J connectivity index is 1.02. The second-order valence-corrected chi connectivity index (χ2v) is 21.0. The molecule has 12 heteroatoms. The van der Waals surface area contributed by atoms with Gasteiger partial charge in [-0.3, -0.25) is 29.7 Å². The molecule has 11 heterocycles. The number of aromatic nitrogens is 10. The summed E-state index contributed by atoms with van der Waals surface area (Å²) in [4.78, 5) is 42.9. The van der Waals surface area contributed by atoms with Crippen LogP contribution in [0.3, 0.4) is 0 Å². The van der Waals surface area contributed by atoms with Gasteiger partial charge < -0.3 is 9.97 Å². The molecule has 0 aliphatic carbocycles. The van der Waals surface area contributed by atoms with Gasteiger partial charge in [0.1, 0.15) is 14.1 Å². The maximum Gasteiger partial charge on any atom is 0.169 e. The fourth-order valence-electron chi connectivity index (χ4n) is 11.1. The Hall–Kier alpha value is -10.1. The average Bonchev–Trinajstić information content (AvgIpc) is 4.39. The van der Waals surface area contributed by atoms with Crippen molar-refractivity contribution in [2.75, 3.05) is 0 Å². The number of pyridine rings is 6. The summed E-state index contributed by atoms with van der Waals surface area (Å²) in [5.74, 6) is 0. The molecule has 2 aliphatic heterocycles. The van der Waals surface area contributed by atoms with Gasteiger partial charge in [-0.15, -0.1) is 0 Å². The van der Waals surface area contributed by atoms with Gasteiger partial charge in [0.15, 0.2) is 24.8 Å². The SMILES string of the molecule is C[n+]1ccc(-c2c3nc(c(-c4cccc(CN(Cc5ccccn5)Cc5ccccn5)c4)c4ccc([nH]4)c(-c4cccc(CN(Cc5ccccn5)Cc5ccccn5)c4)c4nc(c(-c5cc[n+](C)cc5)c5ccc2[nH]5)C=C4)C=C3)cc1. The number of hydrogen-bond donors (Lipinski definition) is 2. The smallest absolute Gasteiger partial charge is 0.169 e. The van der Waals surface area contributed by atoms with Gasteiger partial charge in [-0.1, -0.05) is 60.7 Å². The summed E-state index contributed by atoms with van der Waals surface area (Å²) < 4.78 is 4.12. The van der Waals surface area contributed by atoms with E-state index in [1.54, 1.807) is 0 Å². The molecule has 0 amide bonds. The summed E-state index contributed by atoms with van der Waals surface area (Å²) >= 11 is 0. The normalized spacial score (nSPS) is 12.0. The number of fused-ring (bicyclic) bond motifs is 8. The van der Waals surface area contributed by atoms with Crippen molar-refractivity contribution in [3.05, 3.63) is 276 Å². The van der Waals surface area contributed by atoms with Gasteiger partial charge >= 0.3 is 0 Å². The lowest BCUT2D eigenvalue weighted by Crippen LogP contribution is -2.25. The number of nitrogens with one attached hydrogen (secondary N) is 2. The van der Waals surface area contributed by atoms with Crippen LogP contribution in [-0.2, 0) is 53.4 Å². The maximum absolute atomic E-state index is 5.63. The molecule has 0 spiro atoms. The third kappa shape index (κ3) is 11.5. The Morgan fingerprint density at radius 2 is 0.646 bits per heavy atom. The van der Waals surface area contributed by atoms with Crippen molar-refractivity contribution in [1.29, 1.82) is 0 Å². The van der Waals surface area contributed by atoms with Crippen molar-refractivity contribution < 1.29 is 9.13 Å². The van der Waals surface area contributed by atoms with Crippen LogP contribution in [-0.4, -0.2) is 49.7 Å². The largest absolute Gasteiger partial charge is 0.354 e. The summed E-state index contributed by atoms with van der Waals surface area (Å²) in [5.41, 5.74) is 21.6. The Morgan fingerprint density at radius 1 is 0.329 bits per heavy atom. The van der Waals surface area contributed by atoms with Crippen LogP contribution >= 0.6 is 0 Å². The number of rotatable bonds is 16. The van der Waals surface area contributed by atoms with Crippen LogP contribution in [0.15, 0.2) is 219 Å². The van der Waals surface area contributed by atoms with Crippen LogP contribution in [0.25, 0.3) is 90.9 Å².